The Hall–Kier alpha value is -3.26. The molecular weight excluding hydrogens is 523 g/mol. The molecule has 0 bridgehead atoms. The maximum absolute atomic E-state index is 13.3. The van der Waals surface area contributed by atoms with E-state index in [0.717, 1.165) is 10.9 Å². The Morgan fingerprint density at radius 1 is 1.14 bits per heavy atom. The highest BCUT2D eigenvalue weighted by molar-refractivity contribution is 6.31. The summed E-state index contributed by atoms with van der Waals surface area (Å²) < 4.78 is 8.47. The molecule has 1 aliphatic heterocycles. The SMILES string of the molecule is COCCC(C(=O)Nc1ccc2nn(C)cc2c1)N1CON(c2cc(Cl)ccc2-n2cc(Cl)nn2)CO1. The number of carbonyl (C=O) groups excluding carboxylic acids is 1. The van der Waals surface area contributed by atoms with Crippen molar-refractivity contribution in [3.05, 3.63) is 59.0 Å². The summed E-state index contributed by atoms with van der Waals surface area (Å²) in [4.78, 5) is 25.2. The number of anilines is 2. The Kier molecular flexibility index (Phi) is 7.55. The Labute approximate surface area is 222 Å². The van der Waals surface area contributed by atoms with Gasteiger partial charge in [-0.2, -0.15) is 5.10 Å². The Morgan fingerprint density at radius 2 is 2.00 bits per heavy atom. The lowest BCUT2D eigenvalue weighted by molar-refractivity contribution is -0.280. The van der Waals surface area contributed by atoms with Crippen LogP contribution in [0, 0.1) is 0 Å². The van der Waals surface area contributed by atoms with Gasteiger partial charge < -0.3 is 10.1 Å². The standard InChI is InChI=1S/C23H24Cl2N8O4/c1-30-11-15-9-17(4-5-18(15)28-30)26-23(34)20(7-8-35-2)32-13-37-33(14-36-32)21-10-16(24)3-6-19(21)31-12-22(25)27-29-31/h3-6,9-12,20H,7-8,13-14H2,1-2H3,(H,26,34). The number of benzene rings is 2. The molecule has 1 unspecified atom stereocenters. The van der Waals surface area contributed by atoms with E-state index in [1.54, 1.807) is 36.2 Å². The van der Waals surface area contributed by atoms with E-state index in [9.17, 15) is 4.79 Å². The van der Waals surface area contributed by atoms with Crippen LogP contribution in [0.3, 0.4) is 0 Å². The number of hydroxylamine groups is 3. The molecule has 1 fully saturated rings. The van der Waals surface area contributed by atoms with Crippen LogP contribution in [0.15, 0.2) is 48.8 Å². The Balaban J connectivity index is 1.30. The van der Waals surface area contributed by atoms with Crippen molar-refractivity contribution in [1.82, 2.24) is 29.8 Å². The van der Waals surface area contributed by atoms with Crippen molar-refractivity contribution in [1.29, 1.82) is 0 Å². The number of hydrogen-bond donors (Lipinski definition) is 1. The molecular formula is C23H24Cl2N8O4. The smallest absolute Gasteiger partial charge is 0.244 e. The van der Waals surface area contributed by atoms with Crippen molar-refractivity contribution in [3.8, 4) is 5.69 Å². The Morgan fingerprint density at radius 3 is 2.73 bits per heavy atom. The number of rotatable bonds is 8. The summed E-state index contributed by atoms with van der Waals surface area (Å²) in [6, 6.07) is 10.1. The molecule has 1 atom stereocenters. The summed E-state index contributed by atoms with van der Waals surface area (Å²) in [5.41, 5.74) is 2.73. The van der Waals surface area contributed by atoms with Crippen LogP contribution in [0.5, 0.6) is 0 Å². The van der Waals surface area contributed by atoms with E-state index < -0.39 is 6.04 Å². The number of nitrogens with zero attached hydrogens (tertiary/aromatic N) is 7. The zero-order valence-corrected chi connectivity index (χ0v) is 21.6. The molecule has 0 radical (unpaired) electrons. The number of amides is 1. The molecule has 2 aromatic carbocycles. The average molecular weight is 547 g/mol. The zero-order chi connectivity index (χ0) is 25.9. The molecule has 2 aromatic heterocycles. The van der Waals surface area contributed by atoms with E-state index in [-0.39, 0.29) is 24.5 Å². The van der Waals surface area contributed by atoms with Crippen LogP contribution >= 0.6 is 23.2 Å². The third-order valence-electron chi connectivity index (χ3n) is 5.73. The molecule has 14 heteroatoms. The van der Waals surface area contributed by atoms with Crippen molar-refractivity contribution in [2.45, 2.75) is 12.5 Å². The monoisotopic (exact) mass is 546 g/mol. The van der Waals surface area contributed by atoms with E-state index in [4.69, 9.17) is 37.6 Å². The number of fused-ring (bicyclic) bond motifs is 1. The number of ether oxygens (including phenoxy) is 1. The zero-order valence-electron chi connectivity index (χ0n) is 20.0. The first kappa shape index (κ1) is 25.4. The summed E-state index contributed by atoms with van der Waals surface area (Å²) in [7, 11) is 3.43. The third-order valence-corrected chi connectivity index (χ3v) is 6.14. The maximum Gasteiger partial charge on any atom is 0.244 e. The first-order valence-electron chi connectivity index (χ1n) is 11.3. The lowest BCUT2D eigenvalue weighted by atomic mass is 10.1. The van der Waals surface area contributed by atoms with E-state index >= 15 is 0 Å². The first-order chi connectivity index (χ1) is 17.9. The van der Waals surface area contributed by atoms with Crippen molar-refractivity contribution in [2.75, 3.05) is 37.6 Å². The highest BCUT2D eigenvalue weighted by Crippen LogP contribution is 2.30. The highest BCUT2D eigenvalue weighted by atomic mass is 35.5. The van der Waals surface area contributed by atoms with E-state index in [1.807, 2.05) is 31.4 Å². The lowest BCUT2D eigenvalue weighted by Gasteiger charge is -2.38. The van der Waals surface area contributed by atoms with Gasteiger partial charge >= 0.3 is 0 Å². The predicted molar refractivity (Wildman–Crippen MR) is 137 cm³/mol. The lowest BCUT2D eigenvalue weighted by Crippen LogP contribution is -2.52. The van der Waals surface area contributed by atoms with Crippen LogP contribution in [-0.4, -0.2) is 69.0 Å². The number of methoxy groups -OCH3 is 1. The van der Waals surface area contributed by atoms with Gasteiger partial charge in [0.15, 0.2) is 18.6 Å². The molecule has 1 amide bonds. The third kappa shape index (κ3) is 5.69. The van der Waals surface area contributed by atoms with Crippen molar-refractivity contribution in [3.63, 3.8) is 0 Å². The molecule has 1 aliphatic rings. The molecule has 0 aliphatic carbocycles. The maximum atomic E-state index is 13.3. The van der Waals surface area contributed by atoms with Crippen LogP contribution in [-0.2, 0) is 26.3 Å². The Bertz CT molecular complexity index is 1400. The fourth-order valence-corrected chi connectivity index (χ4v) is 4.28. The normalized spacial score (nSPS) is 15.3. The molecule has 1 N–H and O–H groups in total. The number of aryl methyl sites for hydroxylation is 1. The summed E-state index contributed by atoms with van der Waals surface area (Å²) in [5.74, 6) is -0.252. The number of nitrogens with one attached hydrogen (secondary N) is 1. The number of aromatic nitrogens is 5. The van der Waals surface area contributed by atoms with Crippen LogP contribution in [0.1, 0.15) is 6.42 Å². The van der Waals surface area contributed by atoms with E-state index in [0.29, 0.717) is 35.1 Å². The van der Waals surface area contributed by atoms with Crippen molar-refractivity contribution < 1.29 is 19.2 Å². The fourth-order valence-electron chi connectivity index (χ4n) is 3.99. The minimum atomic E-state index is -0.667. The van der Waals surface area contributed by atoms with Crippen LogP contribution in [0.25, 0.3) is 16.6 Å². The molecule has 0 saturated carbocycles. The number of hydrogen-bond acceptors (Lipinski definition) is 9. The molecule has 37 heavy (non-hydrogen) atoms. The fraction of sp³-hybridized carbons (Fsp3) is 0.304. The van der Waals surface area contributed by atoms with Gasteiger partial charge in [-0.05, 0) is 42.8 Å². The van der Waals surface area contributed by atoms with Gasteiger partial charge in [-0.15, -0.1) is 10.2 Å². The van der Waals surface area contributed by atoms with Gasteiger partial charge in [0.2, 0.25) is 5.91 Å². The molecule has 4 aromatic rings. The minimum absolute atomic E-state index is 0.00578. The van der Waals surface area contributed by atoms with Gasteiger partial charge in [-0.25, -0.2) is 9.75 Å². The summed E-state index contributed by atoms with van der Waals surface area (Å²) in [5, 5.41) is 19.8. The van der Waals surface area contributed by atoms with Crippen molar-refractivity contribution in [2.24, 2.45) is 7.05 Å². The van der Waals surface area contributed by atoms with Gasteiger partial charge in [-0.1, -0.05) is 28.4 Å². The topological polar surface area (TPSA) is 112 Å². The molecule has 5 rings (SSSR count). The van der Waals surface area contributed by atoms with Gasteiger partial charge in [0.1, 0.15) is 6.04 Å². The van der Waals surface area contributed by atoms with Crippen LogP contribution < -0.4 is 10.4 Å². The molecule has 1 saturated heterocycles. The quantitative estimate of drug-likeness (QED) is 0.355. The van der Waals surface area contributed by atoms with Gasteiger partial charge in [0.25, 0.3) is 0 Å². The summed E-state index contributed by atoms with van der Waals surface area (Å²) >= 11 is 12.2. The van der Waals surface area contributed by atoms with E-state index in [1.165, 1.54) is 14.8 Å². The van der Waals surface area contributed by atoms with Crippen molar-refractivity contribution >= 4 is 51.4 Å². The molecule has 3 heterocycles. The average Bonchev–Trinajstić information content (AvgIpc) is 3.48. The second kappa shape index (κ2) is 11.0. The number of carbonyl (C=O) groups is 1. The summed E-state index contributed by atoms with van der Waals surface area (Å²) in [6.45, 7) is 0.330. The molecule has 0 spiro atoms. The van der Waals surface area contributed by atoms with E-state index in [2.05, 4.69) is 20.7 Å². The molecule has 194 valence electrons. The second-order valence-corrected chi connectivity index (χ2v) is 9.12. The first-order valence-corrected chi connectivity index (χ1v) is 12.1. The molecule has 12 nitrogen and oxygen atoms in total. The second-order valence-electron chi connectivity index (χ2n) is 8.29. The number of halogens is 2. The van der Waals surface area contributed by atoms with Gasteiger partial charge in [0, 0.05) is 43.1 Å². The van der Waals surface area contributed by atoms with Crippen LogP contribution in [0.2, 0.25) is 10.2 Å². The van der Waals surface area contributed by atoms with Gasteiger partial charge in [0.05, 0.1) is 23.1 Å². The minimum Gasteiger partial charge on any atom is -0.385 e. The van der Waals surface area contributed by atoms with Crippen LogP contribution in [0.4, 0.5) is 11.4 Å². The summed E-state index contributed by atoms with van der Waals surface area (Å²) in [6.07, 6.45) is 3.85. The van der Waals surface area contributed by atoms with Gasteiger partial charge in [-0.3, -0.25) is 19.2 Å². The predicted octanol–water partition coefficient (Wildman–Crippen LogP) is 3.40. The highest BCUT2D eigenvalue weighted by Gasteiger charge is 2.32. The largest absolute Gasteiger partial charge is 0.385 e.